The summed E-state index contributed by atoms with van der Waals surface area (Å²) in [6.45, 7) is -0.395. The minimum absolute atomic E-state index is 0.0179. The van der Waals surface area contributed by atoms with Crippen molar-refractivity contribution in [3.63, 3.8) is 0 Å². The zero-order valence-corrected chi connectivity index (χ0v) is 19.8. The summed E-state index contributed by atoms with van der Waals surface area (Å²) in [6.07, 6.45) is 0. The lowest BCUT2D eigenvalue weighted by atomic mass is 10.00. The zero-order chi connectivity index (χ0) is 25.6. The second-order valence-electron chi connectivity index (χ2n) is 7.35. The Morgan fingerprint density at radius 1 is 0.857 bits per heavy atom. The fraction of sp³-hybridized carbons (Fsp3) is 0.0909. The van der Waals surface area contributed by atoms with Gasteiger partial charge in [0.2, 0.25) is 10.0 Å². The molecule has 13 heteroatoms. The van der Waals surface area contributed by atoms with Gasteiger partial charge in [-0.2, -0.15) is 0 Å². The number of sulfonamides is 2. The smallest absolute Gasteiger partial charge is 0.312 e. The van der Waals surface area contributed by atoms with Crippen LogP contribution in [0, 0.1) is 5.41 Å². The lowest BCUT2D eigenvalue weighted by Crippen LogP contribution is -2.31. The number of nitrogens with one attached hydrogen (secondary N) is 4. The van der Waals surface area contributed by atoms with Gasteiger partial charge in [-0.25, -0.2) is 21.6 Å². The molecule has 0 bridgehead atoms. The van der Waals surface area contributed by atoms with Crippen LogP contribution in [0.15, 0.2) is 88.7 Å². The van der Waals surface area contributed by atoms with Gasteiger partial charge in [-0.15, -0.1) is 0 Å². The molecule has 0 aromatic heterocycles. The second-order valence-corrected chi connectivity index (χ2v) is 10.8. The molecule has 3 rings (SSSR count). The van der Waals surface area contributed by atoms with Gasteiger partial charge in [0, 0.05) is 12.2 Å². The molecule has 35 heavy (non-hydrogen) atoms. The number of hydrogen-bond acceptors (Lipinski definition) is 6. The van der Waals surface area contributed by atoms with Gasteiger partial charge in [0.25, 0.3) is 10.0 Å². The number of nitrogens with two attached hydrogens (primary N) is 1. The molecule has 3 aromatic rings. The monoisotopic (exact) mass is 517 g/mol. The van der Waals surface area contributed by atoms with Gasteiger partial charge in [-0.1, -0.05) is 42.5 Å². The topological polar surface area (TPSA) is 192 Å². The Labute approximate surface area is 202 Å². The molecule has 1 unspecified atom stereocenters. The second kappa shape index (κ2) is 10.5. The Bertz CT molecular complexity index is 1440. The van der Waals surface area contributed by atoms with E-state index in [4.69, 9.17) is 11.1 Å². The lowest BCUT2D eigenvalue weighted by molar-refractivity contribution is -0.138. The molecule has 184 valence electrons. The van der Waals surface area contributed by atoms with Crippen LogP contribution in [-0.2, 0) is 24.8 Å². The van der Waals surface area contributed by atoms with Crippen molar-refractivity contribution in [1.29, 1.82) is 5.41 Å². The van der Waals surface area contributed by atoms with E-state index in [0.717, 1.165) is 6.07 Å². The van der Waals surface area contributed by atoms with Crippen molar-refractivity contribution in [2.45, 2.75) is 15.7 Å². The number of anilines is 2. The van der Waals surface area contributed by atoms with E-state index in [9.17, 15) is 26.7 Å². The Kier molecular flexibility index (Phi) is 7.74. The quantitative estimate of drug-likeness (QED) is 0.173. The third-order valence-electron chi connectivity index (χ3n) is 4.80. The number of carboxylic acid groups (broad SMARTS) is 1. The largest absolute Gasteiger partial charge is 0.481 e. The molecular formula is C22H23N5O6S2. The minimum atomic E-state index is -4.16. The maximum atomic E-state index is 12.8. The standard InChI is InChI=1S/C22H23N5O6S2/c23-22(24)26-16-8-4-11-19(12-16)35(32,33)27-17-9-5-10-18(13-17)34(30,31)25-14-20(21(28)29)15-6-2-1-3-7-15/h1-13,20,25,27H,14H2,(H,28,29)(H4,23,24,26). The van der Waals surface area contributed by atoms with E-state index in [-0.39, 0.29) is 27.1 Å². The first-order valence-corrected chi connectivity index (χ1v) is 13.1. The maximum absolute atomic E-state index is 12.8. The highest BCUT2D eigenvalue weighted by atomic mass is 32.2. The number of guanidine groups is 1. The van der Waals surface area contributed by atoms with E-state index in [1.165, 1.54) is 42.5 Å². The van der Waals surface area contributed by atoms with E-state index >= 15 is 0 Å². The van der Waals surface area contributed by atoms with E-state index in [1.807, 2.05) is 0 Å². The maximum Gasteiger partial charge on any atom is 0.312 e. The zero-order valence-electron chi connectivity index (χ0n) is 18.2. The third kappa shape index (κ3) is 6.79. The van der Waals surface area contributed by atoms with Gasteiger partial charge in [0.15, 0.2) is 5.96 Å². The van der Waals surface area contributed by atoms with Crippen LogP contribution in [0.3, 0.4) is 0 Å². The Balaban J connectivity index is 1.79. The number of hydrogen-bond donors (Lipinski definition) is 6. The van der Waals surface area contributed by atoms with Crippen LogP contribution in [0.1, 0.15) is 11.5 Å². The number of rotatable bonds is 10. The van der Waals surface area contributed by atoms with Gasteiger partial charge < -0.3 is 16.2 Å². The van der Waals surface area contributed by atoms with Gasteiger partial charge in [-0.05, 0) is 42.0 Å². The Morgan fingerprint density at radius 2 is 1.43 bits per heavy atom. The normalized spacial score (nSPS) is 12.5. The van der Waals surface area contributed by atoms with Crippen molar-refractivity contribution in [2.75, 3.05) is 16.6 Å². The average molecular weight is 518 g/mol. The van der Waals surface area contributed by atoms with Gasteiger partial charge >= 0.3 is 5.97 Å². The van der Waals surface area contributed by atoms with Crippen molar-refractivity contribution in [3.8, 4) is 0 Å². The van der Waals surface area contributed by atoms with E-state index in [1.54, 1.807) is 30.3 Å². The number of aliphatic carboxylic acids is 1. The van der Waals surface area contributed by atoms with E-state index in [2.05, 4.69) is 14.8 Å². The van der Waals surface area contributed by atoms with Crippen molar-refractivity contribution in [1.82, 2.24) is 4.72 Å². The summed E-state index contributed by atoms with van der Waals surface area (Å²) in [6, 6.07) is 18.9. The van der Waals surface area contributed by atoms with Crippen LogP contribution in [0.5, 0.6) is 0 Å². The summed E-state index contributed by atoms with van der Waals surface area (Å²) in [7, 11) is -8.26. The van der Waals surface area contributed by atoms with Crippen LogP contribution >= 0.6 is 0 Å². The molecule has 3 aromatic carbocycles. The third-order valence-corrected chi connectivity index (χ3v) is 7.60. The van der Waals surface area contributed by atoms with Crippen molar-refractivity contribution >= 4 is 43.4 Å². The fourth-order valence-corrected chi connectivity index (χ4v) is 5.33. The Morgan fingerprint density at radius 3 is 2.03 bits per heavy atom. The Hall–Kier alpha value is -3.94. The first-order valence-electron chi connectivity index (χ1n) is 10.1. The van der Waals surface area contributed by atoms with Crippen molar-refractivity contribution in [3.05, 3.63) is 84.4 Å². The summed E-state index contributed by atoms with van der Waals surface area (Å²) in [5.41, 5.74) is 5.97. The van der Waals surface area contributed by atoms with Crippen LogP contribution in [0.2, 0.25) is 0 Å². The first-order chi connectivity index (χ1) is 16.5. The molecule has 0 aliphatic rings. The fourth-order valence-electron chi connectivity index (χ4n) is 3.15. The molecule has 0 fully saturated rings. The summed E-state index contributed by atoms with van der Waals surface area (Å²) >= 11 is 0. The van der Waals surface area contributed by atoms with Gasteiger partial charge in [-0.3, -0.25) is 14.9 Å². The molecular weight excluding hydrogens is 494 g/mol. The van der Waals surface area contributed by atoms with E-state index in [0.29, 0.717) is 5.56 Å². The summed E-state index contributed by atoms with van der Waals surface area (Å²) in [5, 5.41) is 19.3. The van der Waals surface area contributed by atoms with Gasteiger partial charge in [0.1, 0.15) is 0 Å². The predicted molar refractivity (Wildman–Crippen MR) is 131 cm³/mol. The summed E-state index contributed by atoms with van der Waals surface area (Å²) in [4.78, 5) is 11.3. The highest BCUT2D eigenvalue weighted by molar-refractivity contribution is 7.92. The predicted octanol–water partition coefficient (Wildman–Crippen LogP) is 1.94. The molecule has 0 aliphatic carbocycles. The minimum Gasteiger partial charge on any atom is -0.481 e. The lowest BCUT2D eigenvalue weighted by Gasteiger charge is -2.15. The van der Waals surface area contributed by atoms with Crippen LogP contribution in [-0.4, -0.2) is 40.4 Å². The molecule has 0 saturated carbocycles. The van der Waals surface area contributed by atoms with Crippen LogP contribution in [0.25, 0.3) is 0 Å². The molecule has 0 amide bonds. The number of carboxylic acids is 1. The number of benzene rings is 3. The first kappa shape index (κ1) is 25.7. The molecule has 0 spiro atoms. The van der Waals surface area contributed by atoms with Gasteiger partial charge in [0.05, 0.1) is 21.4 Å². The average Bonchev–Trinajstić information content (AvgIpc) is 2.79. The van der Waals surface area contributed by atoms with E-state index < -0.39 is 38.5 Å². The summed E-state index contributed by atoms with van der Waals surface area (Å²) in [5.74, 6) is -2.67. The summed E-state index contributed by atoms with van der Waals surface area (Å²) < 4.78 is 55.8. The van der Waals surface area contributed by atoms with Crippen molar-refractivity contribution in [2.24, 2.45) is 5.73 Å². The highest BCUT2D eigenvalue weighted by Gasteiger charge is 2.24. The van der Waals surface area contributed by atoms with Crippen LogP contribution in [0.4, 0.5) is 11.4 Å². The molecule has 0 saturated heterocycles. The van der Waals surface area contributed by atoms with Crippen LogP contribution < -0.4 is 20.5 Å². The molecule has 11 nitrogen and oxygen atoms in total. The number of carbonyl (C=O) groups is 1. The SMILES string of the molecule is N=C(N)Nc1cccc(S(=O)(=O)Nc2cccc(S(=O)(=O)NCC(C(=O)O)c3ccccc3)c2)c1. The highest BCUT2D eigenvalue weighted by Crippen LogP contribution is 2.22. The molecule has 0 aliphatic heterocycles. The van der Waals surface area contributed by atoms with Crippen molar-refractivity contribution < 1.29 is 26.7 Å². The molecule has 1 atom stereocenters. The molecule has 0 heterocycles. The molecule has 0 radical (unpaired) electrons. The molecule has 7 N–H and O–H groups in total.